The van der Waals surface area contributed by atoms with Crippen LogP contribution in [0.25, 0.3) is 0 Å². The predicted molar refractivity (Wildman–Crippen MR) is 398 cm³/mol. The molecule has 3 heterocycles. The molecule has 12 amide bonds. The van der Waals surface area contributed by atoms with Gasteiger partial charge in [-0.15, -0.1) is 0 Å². The van der Waals surface area contributed by atoms with Crippen LogP contribution in [-0.2, 0) is 67.0 Å². The van der Waals surface area contributed by atoms with E-state index in [1.807, 2.05) is 39.8 Å². The molecule has 5 saturated carbocycles. The maximum absolute atomic E-state index is 15.9. The molecule has 3 aliphatic heterocycles. The van der Waals surface area contributed by atoms with E-state index in [1.54, 1.807) is 13.8 Å². The Bertz CT molecular complexity index is 3230. The fourth-order valence-electron chi connectivity index (χ4n) is 18.5. The summed E-state index contributed by atoms with van der Waals surface area (Å²) in [7, 11) is 11.5. The highest BCUT2D eigenvalue weighted by atomic mass is 19.3. The smallest absolute Gasteiger partial charge is 0.248 e. The third-order valence-electron chi connectivity index (χ3n) is 25.1. The summed E-state index contributed by atoms with van der Waals surface area (Å²) >= 11 is 0. The quantitative estimate of drug-likeness (QED) is 0.147. The van der Waals surface area contributed by atoms with Crippen LogP contribution in [-0.4, -0.2) is 289 Å². The minimum atomic E-state index is -3.01. The first kappa shape index (κ1) is 86.7. The Labute approximate surface area is 638 Å². The van der Waals surface area contributed by atoms with Crippen LogP contribution in [0.5, 0.6) is 0 Å². The number of fused-ring (bicyclic) bond motifs is 3. The summed E-state index contributed by atoms with van der Waals surface area (Å²) in [6.07, 6.45) is 4.54. The number of hydrogen-bond acceptors (Lipinski definition) is 14. The highest BCUT2D eigenvalue weighted by molar-refractivity contribution is 6.01. The summed E-state index contributed by atoms with van der Waals surface area (Å²) in [4.78, 5) is 196. The van der Waals surface area contributed by atoms with Crippen molar-refractivity contribution in [1.29, 1.82) is 0 Å². The van der Waals surface area contributed by atoms with Gasteiger partial charge in [-0.1, -0.05) is 105 Å². The molecule has 0 aromatic carbocycles. The molecule has 7 fully saturated rings. The number of likely N-dealkylation sites (N-methyl/N-ethyl adjacent to an activating group) is 6. The topological polar surface area (TPSA) is 289 Å². The van der Waals surface area contributed by atoms with E-state index in [2.05, 4.69) is 22.9 Å². The number of carbonyl (C=O) groups is 12. The largest absolute Gasteiger partial charge is 0.381 e. The molecule has 29 heteroatoms. The van der Waals surface area contributed by atoms with E-state index in [0.29, 0.717) is 50.9 Å². The van der Waals surface area contributed by atoms with Gasteiger partial charge in [-0.3, -0.25) is 57.5 Å². The van der Waals surface area contributed by atoms with Crippen molar-refractivity contribution in [3.8, 4) is 0 Å². The van der Waals surface area contributed by atoms with Gasteiger partial charge in [0, 0.05) is 88.6 Å². The Morgan fingerprint density at radius 3 is 1.94 bits per heavy atom. The van der Waals surface area contributed by atoms with Crippen LogP contribution in [0.4, 0.5) is 13.2 Å². The summed E-state index contributed by atoms with van der Waals surface area (Å²) in [5.74, 6) is -10.5. The number of alkyl halides is 3. The monoisotopic (exact) mass is 1520 g/mol. The van der Waals surface area contributed by atoms with E-state index < -0.39 is 198 Å². The van der Waals surface area contributed by atoms with E-state index in [9.17, 15) is 28.0 Å². The van der Waals surface area contributed by atoms with Gasteiger partial charge in [-0.25, -0.2) is 13.2 Å². The molecule has 1 spiro atoms. The maximum atomic E-state index is 15.9. The van der Waals surface area contributed by atoms with Crippen LogP contribution < -0.4 is 16.0 Å². The van der Waals surface area contributed by atoms with Crippen molar-refractivity contribution >= 4 is 70.9 Å². The van der Waals surface area contributed by atoms with Gasteiger partial charge in [-0.2, -0.15) is 0 Å². The van der Waals surface area contributed by atoms with Crippen molar-refractivity contribution < 1.29 is 80.2 Å². The van der Waals surface area contributed by atoms with Gasteiger partial charge in [-0.05, 0) is 132 Å². The number of hydrogen-bond donors (Lipinski definition) is 3. The SMILES string of the molecule is CCC[C@H]1C(=O)N[C@@H]([C@@H](C)CC)C(=O)N(C2CC2)CC(=O)N(C)[C@H]2C/C=C\CCN(C2=O)[C@@H](CC2CCC(C)CC2)C(=O)N(C)CC(=O)N[C@@H](CCC2CC(F)C(C(F)F)C(OC)C2)C(=O)N2C[C@H](OCC)C[C@H]2C(=O)NC2(CC(C)(C)C2)C(=O)N(C)[C@@H](C2CCCC2)C(=O)N(C)[C@H](C(=O)N(C)C)CC(=O)N1C. The number of ether oxygens (including phenoxy) is 2. The average molecular weight is 1530 g/mol. The van der Waals surface area contributed by atoms with Gasteiger partial charge in [0.2, 0.25) is 77.3 Å². The highest BCUT2D eigenvalue weighted by Crippen LogP contribution is 2.50. The fraction of sp³-hybridized carbons (Fsp3) is 0.823. The molecular formula is C79H127F3N12O14. The van der Waals surface area contributed by atoms with Gasteiger partial charge in [0.1, 0.15) is 66.6 Å². The van der Waals surface area contributed by atoms with Crippen LogP contribution in [0.1, 0.15) is 203 Å². The lowest BCUT2D eigenvalue weighted by Gasteiger charge is -2.54. The van der Waals surface area contributed by atoms with Gasteiger partial charge in [0.25, 0.3) is 0 Å². The molecular weight excluding hydrogens is 1400 g/mol. The van der Waals surface area contributed by atoms with Crippen LogP contribution in [0.2, 0.25) is 0 Å². The second-order valence-electron chi connectivity index (χ2n) is 34.0. The van der Waals surface area contributed by atoms with Gasteiger partial charge < -0.3 is 69.5 Å². The van der Waals surface area contributed by atoms with Gasteiger partial charge in [0.15, 0.2) is 0 Å². The van der Waals surface area contributed by atoms with Crippen molar-refractivity contribution in [3.63, 3.8) is 0 Å². The molecule has 5 aliphatic carbocycles. The Morgan fingerprint density at radius 1 is 0.685 bits per heavy atom. The molecule has 14 atom stereocenters. The van der Waals surface area contributed by atoms with Gasteiger partial charge in [0.05, 0.1) is 31.1 Å². The Kier molecular flexibility index (Phi) is 30.4. The van der Waals surface area contributed by atoms with Crippen molar-refractivity contribution in [2.75, 3.05) is 89.2 Å². The zero-order valence-corrected chi connectivity index (χ0v) is 67.0. The maximum Gasteiger partial charge on any atom is 0.248 e. The summed E-state index contributed by atoms with van der Waals surface area (Å²) in [5.41, 5.74) is -2.18. The van der Waals surface area contributed by atoms with Crippen LogP contribution in [0, 0.1) is 40.9 Å². The molecule has 8 rings (SSSR count). The predicted octanol–water partition coefficient (Wildman–Crippen LogP) is 6.11. The number of nitrogens with zero attached hydrogens (tertiary/aromatic N) is 9. The number of nitrogens with one attached hydrogen (secondary N) is 3. The zero-order valence-electron chi connectivity index (χ0n) is 67.0. The summed E-state index contributed by atoms with van der Waals surface area (Å²) in [6, 6.07) is -10.5. The second kappa shape index (κ2) is 37.9. The number of carbonyl (C=O) groups excluding carboxylic acids is 12. The number of halogens is 3. The van der Waals surface area contributed by atoms with E-state index in [-0.39, 0.29) is 95.9 Å². The van der Waals surface area contributed by atoms with Crippen molar-refractivity contribution in [2.24, 2.45) is 40.9 Å². The molecule has 0 radical (unpaired) electrons. The molecule has 2 bridgehead atoms. The van der Waals surface area contributed by atoms with E-state index >= 15 is 42.7 Å². The van der Waals surface area contributed by atoms with Crippen LogP contribution in [0.15, 0.2) is 12.2 Å². The number of rotatable bonds is 16. The Hall–Kier alpha value is -6.91. The molecule has 0 aromatic heterocycles. The molecule has 608 valence electrons. The minimum absolute atomic E-state index is 0.00799. The Morgan fingerprint density at radius 2 is 1.35 bits per heavy atom. The molecule has 8 aliphatic rings. The van der Waals surface area contributed by atoms with Crippen molar-refractivity contribution in [3.05, 3.63) is 12.2 Å². The molecule has 2 saturated heterocycles. The summed E-state index contributed by atoms with van der Waals surface area (Å²) < 4.78 is 56.1. The second-order valence-corrected chi connectivity index (χ2v) is 34.0. The van der Waals surface area contributed by atoms with Crippen molar-refractivity contribution in [1.82, 2.24) is 60.0 Å². The van der Waals surface area contributed by atoms with Crippen LogP contribution >= 0.6 is 0 Å². The zero-order chi connectivity index (χ0) is 79.5. The Balaban J connectivity index is 1.22. The average Bonchev–Trinajstić information content (AvgIpc) is 1.08. The number of amides is 12. The first-order valence-corrected chi connectivity index (χ1v) is 40.1. The third kappa shape index (κ3) is 20.6. The fourth-order valence-corrected chi connectivity index (χ4v) is 18.5. The molecule has 4 unspecified atom stereocenters. The first-order chi connectivity index (χ1) is 51.0. The molecule has 26 nitrogen and oxygen atoms in total. The van der Waals surface area contributed by atoms with E-state index in [1.165, 1.54) is 101 Å². The summed E-state index contributed by atoms with van der Waals surface area (Å²) in [6.45, 7) is 12.3. The van der Waals surface area contributed by atoms with E-state index in [0.717, 1.165) is 38.5 Å². The lowest BCUT2D eigenvalue weighted by molar-refractivity contribution is -0.161. The third-order valence-corrected chi connectivity index (χ3v) is 25.1. The lowest BCUT2D eigenvalue weighted by atomic mass is 9.58. The normalized spacial score (nSPS) is 32.8. The number of methoxy groups -OCH3 is 1. The minimum Gasteiger partial charge on any atom is -0.381 e. The first-order valence-electron chi connectivity index (χ1n) is 40.1. The van der Waals surface area contributed by atoms with Crippen molar-refractivity contribution in [2.45, 2.75) is 287 Å². The standard InChI is InChI=1S/C79H127F3N12O14/c1-16-24-56-69(98)84-66(48(5)17-2)75(104)93(52-33-34-52)44-64(97)89(12)57-27-20-19-23-36-92(74(57)103)60(38-49-30-28-47(4)29-31-49)73(102)87(10)43-62(95)83-55(35-32-50-37-54(80)65(68(81)82)61(39-50)107-15)71(100)94-42-53(108-18-3)40-58(94)70(99)85-79(45-78(6,7)46-79)77(106)91(14)67(51-25-21-22-26-51)76(105)90(13)59(72(101)86(8)9)41-63(96)88(56)11/h19-20,47-61,65-68H,16-18,21-46H2,1-15H3,(H,83,95)(H,84,98)(H,85,99)/b20-19-/t47?,48-,49?,50?,53+,54?,55-,56-,57-,58-,59-,60-,61?,65?,66-,67-/m0/s1. The molecule has 108 heavy (non-hydrogen) atoms. The highest BCUT2D eigenvalue weighted by Gasteiger charge is 2.60. The lowest BCUT2D eigenvalue weighted by Crippen LogP contribution is -2.71. The summed E-state index contributed by atoms with van der Waals surface area (Å²) in [5, 5.41) is 8.95. The molecule has 3 N–H and O–H groups in total. The van der Waals surface area contributed by atoms with E-state index in [4.69, 9.17) is 9.47 Å². The molecule has 0 aromatic rings. The van der Waals surface area contributed by atoms with Gasteiger partial charge >= 0.3 is 0 Å². The van der Waals surface area contributed by atoms with Crippen LogP contribution in [0.3, 0.4) is 0 Å².